The third-order valence-electron chi connectivity index (χ3n) is 3.82. The first-order chi connectivity index (χ1) is 9.28. The Morgan fingerprint density at radius 1 is 1.47 bits per heavy atom. The Labute approximate surface area is 113 Å². The molecule has 4 heteroatoms. The van der Waals surface area contributed by atoms with E-state index in [4.69, 9.17) is 9.72 Å². The molecule has 0 spiro atoms. The largest absolute Gasteiger partial charge is 0.375 e. The normalized spacial score (nSPS) is 20.0. The summed E-state index contributed by atoms with van der Waals surface area (Å²) in [5.41, 5.74) is 3.62. The molecule has 19 heavy (non-hydrogen) atoms. The summed E-state index contributed by atoms with van der Waals surface area (Å²) < 4.78 is 7.93. The van der Waals surface area contributed by atoms with Gasteiger partial charge in [-0.1, -0.05) is 13.0 Å². The van der Waals surface area contributed by atoms with Gasteiger partial charge in [-0.15, -0.1) is 0 Å². The number of rotatable bonds is 3. The van der Waals surface area contributed by atoms with Crippen LogP contribution in [0.1, 0.15) is 18.3 Å². The number of nitrogens with zero attached hydrogens (tertiary/aromatic N) is 2. The summed E-state index contributed by atoms with van der Waals surface area (Å²) in [4.78, 5) is 4.69. The zero-order valence-electron chi connectivity index (χ0n) is 11.6. The fraction of sp³-hybridized carbons (Fsp3) is 0.533. The van der Waals surface area contributed by atoms with Crippen molar-refractivity contribution in [2.45, 2.75) is 25.9 Å². The van der Waals surface area contributed by atoms with E-state index in [1.807, 2.05) is 0 Å². The second kappa shape index (κ2) is 5.31. The third kappa shape index (κ3) is 2.51. The molecule has 1 unspecified atom stereocenters. The van der Waals surface area contributed by atoms with Gasteiger partial charge >= 0.3 is 0 Å². The highest BCUT2D eigenvalue weighted by Crippen LogP contribution is 2.18. The lowest BCUT2D eigenvalue weighted by molar-refractivity contribution is 0.0292. The predicted octanol–water partition coefficient (Wildman–Crippen LogP) is 1.67. The lowest BCUT2D eigenvalue weighted by Crippen LogP contribution is -2.39. The minimum absolute atomic E-state index is 0.292. The number of nitrogens with one attached hydrogen (secondary N) is 1. The lowest BCUT2D eigenvalue weighted by Gasteiger charge is -2.23. The molecule has 1 aromatic carbocycles. The smallest absolute Gasteiger partial charge is 0.109 e. The van der Waals surface area contributed by atoms with Crippen LogP contribution in [0.5, 0.6) is 0 Å². The molecule has 1 saturated heterocycles. The first kappa shape index (κ1) is 12.6. The van der Waals surface area contributed by atoms with Crippen LogP contribution in [0, 0.1) is 0 Å². The first-order valence-corrected chi connectivity index (χ1v) is 7.04. The summed E-state index contributed by atoms with van der Waals surface area (Å²) in [5.74, 6) is 1.14. The van der Waals surface area contributed by atoms with Crippen LogP contribution in [0.2, 0.25) is 0 Å². The monoisotopic (exact) mass is 259 g/mol. The van der Waals surface area contributed by atoms with Gasteiger partial charge in [-0.05, 0) is 24.1 Å². The molecule has 0 aliphatic carbocycles. The highest BCUT2D eigenvalue weighted by atomic mass is 16.5. The average Bonchev–Trinajstić information content (AvgIpc) is 2.76. The van der Waals surface area contributed by atoms with E-state index in [2.05, 4.69) is 42.1 Å². The number of morpholine rings is 1. The Balaban J connectivity index is 1.84. The van der Waals surface area contributed by atoms with E-state index in [-0.39, 0.29) is 0 Å². The molecule has 0 amide bonds. The highest BCUT2D eigenvalue weighted by Gasteiger charge is 2.14. The Morgan fingerprint density at radius 2 is 2.37 bits per heavy atom. The molecule has 1 aliphatic heterocycles. The van der Waals surface area contributed by atoms with E-state index in [1.54, 1.807) is 0 Å². The maximum atomic E-state index is 5.76. The number of hydrogen-bond donors (Lipinski definition) is 1. The van der Waals surface area contributed by atoms with Crippen molar-refractivity contribution in [1.82, 2.24) is 14.9 Å². The van der Waals surface area contributed by atoms with Crippen LogP contribution in [0.15, 0.2) is 18.2 Å². The summed E-state index contributed by atoms with van der Waals surface area (Å²) in [6, 6.07) is 6.57. The Morgan fingerprint density at radius 3 is 3.11 bits per heavy atom. The van der Waals surface area contributed by atoms with Crippen molar-refractivity contribution < 1.29 is 4.74 Å². The van der Waals surface area contributed by atoms with Crippen LogP contribution in [0.25, 0.3) is 11.0 Å². The molecule has 4 nitrogen and oxygen atoms in total. The summed E-state index contributed by atoms with van der Waals surface area (Å²) >= 11 is 0. The number of hydrogen-bond acceptors (Lipinski definition) is 3. The fourth-order valence-corrected chi connectivity index (χ4v) is 2.75. The van der Waals surface area contributed by atoms with Gasteiger partial charge in [-0.3, -0.25) is 0 Å². The average molecular weight is 259 g/mol. The van der Waals surface area contributed by atoms with Gasteiger partial charge in [0.05, 0.1) is 23.7 Å². The van der Waals surface area contributed by atoms with Crippen molar-refractivity contribution in [2.75, 3.05) is 19.7 Å². The molecule has 102 valence electrons. The highest BCUT2D eigenvalue weighted by molar-refractivity contribution is 5.76. The van der Waals surface area contributed by atoms with Gasteiger partial charge in [-0.2, -0.15) is 0 Å². The molecule has 1 fully saturated rings. The van der Waals surface area contributed by atoms with Crippen LogP contribution >= 0.6 is 0 Å². The molecular formula is C15H21N3O. The molecule has 3 rings (SSSR count). The zero-order chi connectivity index (χ0) is 13.2. The van der Waals surface area contributed by atoms with Crippen LogP contribution in [0.4, 0.5) is 0 Å². The van der Waals surface area contributed by atoms with E-state index >= 15 is 0 Å². The Bertz CT molecular complexity index is 570. The van der Waals surface area contributed by atoms with Crippen molar-refractivity contribution in [3.63, 3.8) is 0 Å². The van der Waals surface area contributed by atoms with Gasteiger partial charge < -0.3 is 14.6 Å². The number of aromatic nitrogens is 2. The molecule has 2 aromatic rings. The van der Waals surface area contributed by atoms with E-state index in [0.29, 0.717) is 6.10 Å². The molecule has 0 radical (unpaired) electrons. The minimum Gasteiger partial charge on any atom is -0.375 e. The molecule has 1 aliphatic rings. The number of aryl methyl sites for hydroxylation is 2. The molecule has 0 bridgehead atoms. The predicted molar refractivity (Wildman–Crippen MR) is 76.4 cm³/mol. The van der Waals surface area contributed by atoms with Crippen LogP contribution in [-0.2, 0) is 24.6 Å². The summed E-state index contributed by atoms with van der Waals surface area (Å²) in [7, 11) is 2.09. The molecule has 1 aromatic heterocycles. The van der Waals surface area contributed by atoms with Gasteiger partial charge in [0.1, 0.15) is 5.82 Å². The number of fused-ring (bicyclic) bond motifs is 1. The zero-order valence-corrected chi connectivity index (χ0v) is 11.6. The SMILES string of the molecule is CCc1nc2cc(CC3CNCCO3)ccc2n1C. The van der Waals surface area contributed by atoms with E-state index in [1.165, 1.54) is 11.1 Å². The van der Waals surface area contributed by atoms with Crippen LogP contribution < -0.4 is 5.32 Å². The Hall–Kier alpha value is -1.39. The Kier molecular flexibility index (Phi) is 3.53. The topological polar surface area (TPSA) is 39.1 Å². The number of ether oxygens (including phenoxy) is 1. The van der Waals surface area contributed by atoms with Gasteiger partial charge in [-0.25, -0.2) is 4.98 Å². The maximum Gasteiger partial charge on any atom is 0.109 e. The molecule has 1 N–H and O–H groups in total. The first-order valence-electron chi connectivity index (χ1n) is 7.04. The number of benzene rings is 1. The number of imidazole rings is 1. The van der Waals surface area contributed by atoms with Crippen molar-refractivity contribution in [2.24, 2.45) is 7.05 Å². The fourth-order valence-electron chi connectivity index (χ4n) is 2.75. The second-order valence-corrected chi connectivity index (χ2v) is 5.16. The van der Waals surface area contributed by atoms with Crippen molar-refractivity contribution in [3.8, 4) is 0 Å². The molecule has 0 saturated carbocycles. The van der Waals surface area contributed by atoms with Gasteiger partial charge in [0, 0.05) is 26.6 Å². The van der Waals surface area contributed by atoms with E-state index < -0.39 is 0 Å². The standard InChI is InChI=1S/C15H21N3O/c1-3-15-17-13-9-11(4-5-14(13)18(15)2)8-12-10-16-6-7-19-12/h4-5,9,12,16H,3,6-8,10H2,1-2H3. The summed E-state index contributed by atoms with van der Waals surface area (Å²) in [6.45, 7) is 4.87. The van der Waals surface area contributed by atoms with Crippen molar-refractivity contribution in [3.05, 3.63) is 29.6 Å². The minimum atomic E-state index is 0.292. The van der Waals surface area contributed by atoms with Crippen LogP contribution in [0.3, 0.4) is 0 Å². The van der Waals surface area contributed by atoms with Crippen LogP contribution in [-0.4, -0.2) is 35.4 Å². The lowest BCUT2D eigenvalue weighted by atomic mass is 10.1. The molecule has 2 heterocycles. The van der Waals surface area contributed by atoms with Gasteiger partial charge in [0.15, 0.2) is 0 Å². The van der Waals surface area contributed by atoms with Gasteiger partial charge in [0.2, 0.25) is 0 Å². The van der Waals surface area contributed by atoms with Crippen molar-refractivity contribution >= 4 is 11.0 Å². The summed E-state index contributed by atoms with van der Waals surface area (Å²) in [6.07, 6.45) is 2.22. The van der Waals surface area contributed by atoms with Crippen molar-refractivity contribution in [1.29, 1.82) is 0 Å². The second-order valence-electron chi connectivity index (χ2n) is 5.16. The molecular weight excluding hydrogens is 238 g/mol. The van der Waals surface area contributed by atoms with E-state index in [0.717, 1.165) is 43.9 Å². The van der Waals surface area contributed by atoms with Gasteiger partial charge in [0.25, 0.3) is 0 Å². The maximum absolute atomic E-state index is 5.76. The third-order valence-corrected chi connectivity index (χ3v) is 3.82. The van der Waals surface area contributed by atoms with E-state index in [9.17, 15) is 0 Å². The summed E-state index contributed by atoms with van der Waals surface area (Å²) in [5, 5.41) is 3.37. The quantitative estimate of drug-likeness (QED) is 0.911. The molecule has 1 atom stereocenters.